The van der Waals surface area contributed by atoms with Crippen LogP contribution < -0.4 is 15.8 Å². The maximum Gasteiger partial charge on any atom is 0.318 e. The average molecular weight is 293 g/mol. The maximum absolute atomic E-state index is 11.8. The second kappa shape index (κ2) is 8.70. The van der Waals surface area contributed by atoms with Crippen molar-refractivity contribution in [2.24, 2.45) is 5.73 Å². The molecule has 1 rings (SSSR count). The van der Waals surface area contributed by atoms with E-state index in [-0.39, 0.29) is 6.54 Å². The summed E-state index contributed by atoms with van der Waals surface area (Å²) in [5, 5.41) is 2.43. The number of nitrogens with one attached hydrogen (secondary N) is 1. The lowest BCUT2D eigenvalue weighted by Crippen LogP contribution is -2.39. The van der Waals surface area contributed by atoms with Gasteiger partial charge in [0.25, 0.3) is 0 Å². The predicted molar refractivity (Wildman–Crippen MR) is 77.7 cm³/mol. The van der Waals surface area contributed by atoms with E-state index in [0.29, 0.717) is 37.4 Å². The summed E-state index contributed by atoms with van der Waals surface area (Å²) < 4.78 is 5.27. The number of anilines is 1. The van der Waals surface area contributed by atoms with Gasteiger partial charge in [-0.05, 0) is 44.2 Å². The maximum atomic E-state index is 11.8. The number of rotatable bonds is 7. The van der Waals surface area contributed by atoms with E-state index >= 15 is 0 Å². The van der Waals surface area contributed by atoms with E-state index in [1.54, 1.807) is 24.3 Å². The minimum absolute atomic E-state index is 0.121. The molecule has 0 saturated carbocycles. The number of benzene rings is 1. The van der Waals surface area contributed by atoms with Crippen LogP contribution in [0.25, 0.3) is 0 Å². The molecule has 7 nitrogen and oxygen atoms in total. The van der Waals surface area contributed by atoms with E-state index < -0.39 is 11.8 Å². The fourth-order valence-corrected chi connectivity index (χ4v) is 1.58. The van der Waals surface area contributed by atoms with Crippen molar-refractivity contribution in [3.8, 4) is 5.75 Å². The van der Waals surface area contributed by atoms with E-state index in [2.05, 4.69) is 5.32 Å². The van der Waals surface area contributed by atoms with Gasteiger partial charge in [-0.3, -0.25) is 19.3 Å². The second-order valence-corrected chi connectivity index (χ2v) is 4.16. The number of hydrogen-bond acceptors (Lipinski definition) is 5. The van der Waals surface area contributed by atoms with E-state index in [1.165, 1.54) is 0 Å². The van der Waals surface area contributed by atoms with Crippen LogP contribution in [0, 0.1) is 0 Å². The first-order chi connectivity index (χ1) is 10.1. The summed E-state index contributed by atoms with van der Waals surface area (Å²) in [5.41, 5.74) is 5.75. The summed E-state index contributed by atoms with van der Waals surface area (Å²) >= 11 is 0. The largest absolute Gasteiger partial charge is 0.494 e. The van der Waals surface area contributed by atoms with Gasteiger partial charge in [-0.15, -0.1) is 0 Å². The molecular formula is C14H19N3O4. The summed E-state index contributed by atoms with van der Waals surface area (Å²) in [6, 6.07) is 6.58. The fraction of sp³-hybridized carbons (Fsp3) is 0.357. The molecule has 0 aromatic heterocycles. The summed E-state index contributed by atoms with van der Waals surface area (Å²) in [7, 11) is 0. The number of hydrogen-bond donors (Lipinski definition) is 2. The van der Waals surface area contributed by atoms with Gasteiger partial charge >= 0.3 is 11.8 Å². The van der Waals surface area contributed by atoms with E-state index in [9.17, 15) is 14.4 Å². The molecule has 0 unspecified atom stereocenters. The zero-order valence-electron chi connectivity index (χ0n) is 11.9. The van der Waals surface area contributed by atoms with Crippen LogP contribution >= 0.6 is 0 Å². The van der Waals surface area contributed by atoms with Crippen molar-refractivity contribution in [2.75, 3.05) is 25.0 Å². The summed E-state index contributed by atoms with van der Waals surface area (Å²) in [6.07, 6.45) is 0.774. The topological polar surface area (TPSA) is 102 Å². The van der Waals surface area contributed by atoms with E-state index in [0.717, 1.165) is 4.90 Å². The highest BCUT2D eigenvalue weighted by Gasteiger charge is 2.21. The van der Waals surface area contributed by atoms with Gasteiger partial charge in [0, 0.05) is 12.2 Å². The summed E-state index contributed by atoms with van der Waals surface area (Å²) in [6.45, 7) is 2.86. The summed E-state index contributed by atoms with van der Waals surface area (Å²) in [4.78, 5) is 35.1. The number of imide groups is 1. The Hall–Kier alpha value is -2.41. The molecule has 0 aliphatic carbocycles. The minimum Gasteiger partial charge on any atom is -0.494 e. The van der Waals surface area contributed by atoms with Crippen LogP contribution in [-0.2, 0) is 14.4 Å². The van der Waals surface area contributed by atoms with Crippen molar-refractivity contribution in [1.29, 1.82) is 0 Å². The third-order valence-electron chi connectivity index (χ3n) is 2.61. The Balaban J connectivity index is 2.62. The average Bonchev–Trinajstić information content (AvgIpc) is 2.50. The van der Waals surface area contributed by atoms with Gasteiger partial charge in [0.2, 0.25) is 6.41 Å². The predicted octanol–water partition coefficient (Wildman–Crippen LogP) is 0.358. The van der Waals surface area contributed by atoms with Gasteiger partial charge in [0.15, 0.2) is 0 Å². The lowest BCUT2D eigenvalue weighted by molar-refractivity contribution is -0.146. The molecule has 0 bridgehead atoms. The highest BCUT2D eigenvalue weighted by molar-refractivity contribution is 6.41. The molecular weight excluding hydrogens is 274 g/mol. The van der Waals surface area contributed by atoms with Gasteiger partial charge in [-0.2, -0.15) is 0 Å². The number of nitrogens with two attached hydrogens (primary N) is 1. The molecule has 114 valence electrons. The van der Waals surface area contributed by atoms with E-state index in [1.807, 2.05) is 6.92 Å². The molecule has 0 spiro atoms. The van der Waals surface area contributed by atoms with Crippen molar-refractivity contribution < 1.29 is 19.1 Å². The molecule has 0 aliphatic heterocycles. The van der Waals surface area contributed by atoms with Crippen molar-refractivity contribution in [2.45, 2.75) is 13.3 Å². The molecule has 0 radical (unpaired) electrons. The molecule has 7 heteroatoms. The van der Waals surface area contributed by atoms with Crippen LogP contribution in [0.5, 0.6) is 5.75 Å². The molecule has 21 heavy (non-hydrogen) atoms. The molecule has 3 amide bonds. The highest BCUT2D eigenvalue weighted by Crippen LogP contribution is 2.15. The quantitative estimate of drug-likeness (QED) is 0.558. The molecule has 0 aliphatic rings. The highest BCUT2D eigenvalue weighted by atomic mass is 16.5. The van der Waals surface area contributed by atoms with Crippen LogP contribution in [0.4, 0.5) is 5.69 Å². The Morgan fingerprint density at radius 3 is 2.52 bits per heavy atom. The zero-order chi connectivity index (χ0) is 15.7. The molecule has 0 atom stereocenters. The number of nitrogens with zero attached hydrogens (tertiary/aromatic N) is 1. The monoisotopic (exact) mass is 293 g/mol. The normalized spacial score (nSPS) is 9.81. The third kappa shape index (κ3) is 5.23. The Kier molecular flexibility index (Phi) is 6.90. The molecule has 3 N–H and O–H groups in total. The van der Waals surface area contributed by atoms with Crippen molar-refractivity contribution in [1.82, 2.24) is 4.90 Å². The van der Waals surface area contributed by atoms with Crippen LogP contribution in [0.15, 0.2) is 24.3 Å². The van der Waals surface area contributed by atoms with Crippen molar-refractivity contribution in [3.63, 3.8) is 0 Å². The SMILES string of the molecule is CCOc1ccc(NC(=O)C(=O)N(C=O)CCCN)cc1. The fourth-order valence-electron chi connectivity index (χ4n) is 1.58. The smallest absolute Gasteiger partial charge is 0.318 e. The summed E-state index contributed by atoms with van der Waals surface area (Å²) in [5.74, 6) is -1.12. The number of ether oxygens (including phenoxy) is 1. The van der Waals surface area contributed by atoms with Crippen LogP contribution in [0.3, 0.4) is 0 Å². The third-order valence-corrected chi connectivity index (χ3v) is 2.61. The number of carbonyl (C=O) groups excluding carboxylic acids is 3. The zero-order valence-corrected chi connectivity index (χ0v) is 11.9. The molecule has 0 heterocycles. The molecule has 0 fully saturated rings. The van der Waals surface area contributed by atoms with Gasteiger partial charge in [-0.1, -0.05) is 0 Å². The Morgan fingerprint density at radius 2 is 2.00 bits per heavy atom. The van der Waals surface area contributed by atoms with Gasteiger partial charge in [0.05, 0.1) is 6.61 Å². The lowest BCUT2D eigenvalue weighted by atomic mass is 10.3. The Bertz CT molecular complexity index is 487. The minimum atomic E-state index is -0.910. The van der Waals surface area contributed by atoms with Crippen molar-refractivity contribution in [3.05, 3.63) is 24.3 Å². The van der Waals surface area contributed by atoms with E-state index in [4.69, 9.17) is 10.5 Å². The second-order valence-electron chi connectivity index (χ2n) is 4.16. The first kappa shape index (κ1) is 16.6. The van der Waals surface area contributed by atoms with Crippen LogP contribution in [0.2, 0.25) is 0 Å². The number of amides is 3. The number of carbonyl (C=O) groups is 3. The lowest BCUT2D eigenvalue weighted by Gasteiger charge is -2.14. The molecule has 0 saturated heterocycles. The van der Waals surface area contributed by atoms with Crippen LogP contribution in [-0.4, -0.2) is 42.8 Å². The van der Waals surface area contributed by atoms with Gasteiger partial charge in [-0.25, -0.2) is 0 Å². The molecule has 1 aromatic carbocycles. The first-order valence-corrected chi connectivity index (χ1v) is 6.62. The Labute approximate surface area is 123 Å². The van der Waals surface area contributed by atoms with Gasteiger partial charge in [0.1, 0.15) is 5.75 Å². The van der Waals surface area contributed by atoms with Crippen molar-refractivity contribution >= 4 is 23.9 Å². The van der Waals surface area contributed by atoms with Crippen LogP contribution in [0.1, 0.15) is 13.3 Å². The standard InChI is InChI=1S/C14H19N3O4/c1-2-21-12-6-4-11(5-7-12)16-13(19)14(20)17(10-18)9-3-8-15/h4-7,10H,2-3,8-9,15H2,1H3,(H,16,19). The Morgan fingerprint density at radius 1 is 1.33 bits per heavy atom. The first-order valence-electron chi connectivity index (χ1n) is 6.62. The van der Waals surface area contributed by atoms with Gasteiger partial charge < -0.3 is 15.8 Å². The molecule has 1 aromatic rings.